The van der Waals surface area contributed by atoms with E-state index in [1.807, 2.05) is 48.3 Å². The maximum Gasteiger partial charge on any atom is 0.229 e. The molecule has 0 aliphatic rings. The van der Waals surface area contributed by atoms with Crippen LogP contribution in [0.2, 0.25) is 5.02 Å². The van der Waals surface area contributed by atoms with E-state index in [0.717, 1.165) is 28.4 Å². The molecule has 9 heteroatoms. The number of guanidine groups is 1. The molecule has 148 valence electrons. The molecular weight excluding hydrogens is 499 g/mol. The second kappa shape index (κ2) is 10.7. The zero-order valence-corrected chi connectivity index (χ0v) is 19.3. The van der Waals surface area contributed by atoms with Gasteiger partial charge < -0.3 is 10.2 Å². The van der Waals surface area contributed by atoms with Gasteiger partial charge in [-0.1, -0.05) is 41.9 Å². The molecule has 0 heterocycles. The van der Waals surface area contributed by atoms with Crippen LogP contribution in [0.3, 0.4) is 0 Å². The first kappa shape index (κ1) is 23.5. The Morgan fingerprint density at radius 1 is 1.15 bits per heavy atom. The van der Waals surface area contributed by atoms with Gasteiger partial charge in [-0.05, 0) is 29.3 Å². The normalized spacial score (nSPS) is 11.5. The van der Waals surface area contributed by atoms with Crippen molar-refractivity contribution in [3.05, 3.63) is 64.7 Å². The minimum Gasteiger partial charge on any atom is -0.352 e. The second-order valence-electron chi connectivity index (χ2n) is 5.92. The molecular formula is C18H24ClIN4O2S. The van der Waals surface area contributed by atoms with Crippen molar-refractivity contribution in [1.82, 2.24) is 10.2 Å². The zero-order chi connectivity index (χ0) is 19.2. The number of halogens is 2. The Morgan fingerprint density at radius 2 is 1.78 bits per heavy atom. The van der Waals surface area contributed by atoms with Gasteiger partial charge in [0.15, 0.2) is 5.96 Å². The topological polar surface area (TPSA) is 73.8 Å². The highest BCUT2D eigenvalue weighted by Gasteiger charge is 2.09. The molecule has 0 aromatic heterocycles. The third-order valence-electron chi connectivity index (χ3n) is 3.65. The van der Waals surface area contributed by atoms with Crippen molar-refractivity contribution in [2.45, 2.75) is 13.1 Å². The second-order valence-corrected chi connectivity index (χ2v) is 8.08. The average Bonchev–Trinajstić information content (AvgIpc) is 2.57. The third kappa shape index (κ3) is 7.94. The lowest BCUT2D eigenvalue weighted by Crippen LogP contribution is -2.38. The van der Waals surface area contributed by atoms with Gasteiger partial charge in [-0.3, -0.25) is 9.71 Å². The standard InChI is InChI=1S/C18H23ClN4O2S.HI/c1-20-18(23(2)13-15-6-4-5-7-17(15)19)21-12-14-8-10-16(11-9-14)22-26(3,24)25;/h4-11,22H,12-13H2,1-3H3,(H,20,21);1H. The molecule has 0 aliphatic heterocycles. The Kier molecular flexibility index (Phi) is 9.34. The fraction of sp³-hybridized carbons (Fsp3) is 0.278. The first-order chi connectivity index (χ1) is 12.3. The number of hydrogen-bond donors (Lipinski definition) is 2. The minimum atomic E-state index is -3.27. The Morgan fingerprint density at radius 3 is 2.33 bits per heavy atom. The lowest BCUT2D eigenvalue weighted by atomic mass is 10.2. The number of rotatable bonds is 6. The van der Waals surface area contributed by atoms with E-state index in [0.29, 0.717) is 18.8 Å². The van der Waals surface area contributed by atoms with Crippen LogP contribution in [0.4, 0.5) is 5.69 Å². The van der Waals surface area contributed by atoms with Gasteiger partial charge in [-0.15, -0.1) is 24.0 Å². The van der Waals surface area contributed by atoms with Gasteiger partial charge in [-0.2, -0.15) is 0 Å². The SMILES string of the molecule is CN=C(NCc1ccc(NS(C)(=O)=O)cc1)N(C)Cc1ccccc1Cl.I. The Hall–Kier alpha value is -1.52. The van der Waals surface area contributed by atoms with Crippen molar-refractivity contribution in [3.63, 3.8) is 0 Å². The average molecular weight is 523 g/mol. The molecule has 0 aliphatic carbocycles. The summed E-state index contributed by atoms with van der Waals surface area (Å²) in [5.74, 6) is 0.739. The summed E-state index contributed by atoms with van der Waals surface area (Å²) in [6, 6.07) is 14.9. The lowest BCUT2D eigenvalue weighted by molar-refractivity contribution is 0.476. The molecule has 27 heavy (non-hydrogen) atoms. The Bertz CT molecular complexity index is 873. The number of nitrogens with one attached hydrogen (secondary N) is 2. The molecule has 0 unspecified atom stereocenters. The molecule has 0 radical (unpaired) electrons. The van der Waals surface area contributed by atoms with Gasteiger partial charge in [0.05, 0.1) is 6.26 Å². The van der Waals surface area contributed by atoms with Gasteiger partial charge in [0.25, 0.3) is 0 Å². The summed E-state index contributed by atoms with van der Waals surface area (Å²) >= 11 is 6.21. The molecule has 0 spiro atoms. The maximum atomic E-state index is 11.2. The van der Waals surface area contributed by atoms with Crippen LogP contribution in [-0.4, -0.2) is 39.6 Å². The number of hydrogen-bond acceptors (Lipinski definition) is 3. The van der Waals surface area contributed by atoms with E-state index >= 15 is 0 Å². The fourth-order valence-electron chi connectivity index (χ4n) is 2.43. The molecule has 6 nitrogen and oxygen atoms in total. The highest BCUT2D eigenvalue weighted by molar-refractivity contribution is 14.0. The van der Waals surface area contributed by atoms with E-state index in [-0.39, 0.29) is 24.0 Å². The van der Waals surface area contributed by atoms with Crippen molar-refractivity contribution in [1.29, 1.82) is 0 Å². The minimum absolute atomic E-state index is 0. The largest absolute Gasteiger partial charge is 0.352 e. The van der Waals surface area contributed by atoms with Gasteiger partial charge in [0, 0.05) is 37.9 Å². The molecule has 0 bridgehead atoms. The first-order valence-electron chi connectivity index (χ1n) is 8.00. The number of benzene rings is 2. The predicted molar refractivity (Wildman–Crippen MR) is 123 cm³/mol. The summed E-state index contributed by atoms with van der Waals surface area (Å²) in [5, 5.41) is 4.01. The van der Waals surface area contributed by atoms with Crippen LogP contribution < -0.4 is 10.0 Å². The molecule has 0 saturated heterocycles. The Labute approximate surface area is 183 Å². The van der Waals surface area contributed by atoms with Gasteiger partial charge in [-0.25, -0.2) is 8.42 Å². The summed E-state index contributed by atoms with van der Waals surface area (Å²) in [7, 11) is 0.403. The molecule has 2 rings (SSSR count). The van der Waals surface area contributed by atoms with Crippen molar-refractivity contribution in [3.8, 4) is 0 Å². The highest BCUT2D eigenvalue weighted by Crippen LogP contribution is 2.16. The summed E-state index contributed by atoms with van der Waals surface area (Å²) in [6.45, 7) is 1.20. The van der Waals surface area contributed by atoms with Crippen molar-refractivity contribution in [2.75, 3.05) is 25.1 Å². The van der Waals surface area contributed by atoms with Crippen LogP contribution in [0.1, 0.15) is 11.1 Å². The summed E-state index contributed by atoms with van der Waals surface area (Å²) < 4.78 is 24.9. The molecule has 0 fully saturated rings. The first-order valence-corrected chi connectivity index (χ1v) is 10.3. The van der Waals surface area contributed by atoms with Crippen LogP contribution in [0.5, 0.6) is 0 Å². The van der Waals surface area contributed by atoms with E-state index in [4.69, 9.17) is 11.6 Å². The summed E-state index contributed by atoms with van der Waals surface area (Å²) in [6.07, 6.45) is 1.13. The highest BCUT2D eigenvalue weighted by atomic mass is 127. The zero-order valence-electron chi connectivity index (χ0n) is 15.4. The van der Waals surface area contributed by atoms with E-state index in [2.05, 4.69) is 15.0 Å². The van der Waals surface area contributed by atoms with Crippen molar-refractivity contribution >= 4 is 57.2 Å². The predicted octanol–water partition coefficient (Wildman–Crippen LogP) is 3.54. The van der Waals surface area contributed by atoms with Crippen LogP contribution in [0.25, 0.3) is 0 Å². The van der Waals surface area contributed by atoms with Crippen molar-refractivity contribution in [2.24, 2.45) is 4.99 Å². The van der Waals surface area contributed by atoms with Gasteiger partial charge in [0.1, 0.15) is 0 Å². The summed E-state index contributed by atoms with van der Waals surface area (Å²) in [4.78, 5) is 6.28. The van der Waals surface area contributed by atoms with E-state index < -0.39 is 10.0 Å². The molecule has 2 N–H and O–H groups in total. The molecule has 2 aromatic carbocycles. The van der Waals surface area contributed by atoms with Crippen LogP contribution in [0, 0.1) is 0 Å². The third-order valence-corrected chi connectivity index (χ3v) is 4.62. The molecule has 2 aromatic rings. The smallest absolute Gasteiger partial charge is 0.229 e. The van der Waals surface area contributed by atoms with E-state index in [1.54, 1.807) is 19.2 Å². The van der Waals surface area contributed by atoms with E-state index in [9.17, 15) is 8.42 Å². The van der Waals surface area contributed by atoms with Crippen LogP contribution >= 0.6 is 35.6 Å². The number of sulfonamides is 1. The fourth-order valence-corrected chi connectivity index (χ4v) is 3.19. The van der Waals surface area contributed by atoms with Crippen LogP contribution in [0.15, 0.2) is 53.5 Å². The maximum absolute atomic E-state index is 11.2. The molecule has 0 atom stereocenters. The van der Waals surface area contributed by atoms with Crippen molar-refractivity contribution < 1.29 is 8.42 Å². The Balaban J connectivity index is 0.00000364. The van der Waals surface area contributed by atoms with Gasteiger partial charge in [0.2, 0.25) is 10.0 Å². The monoisotopic (exact) mass is 522 g/mol. The lowest BCUT2D eigenvalue weighted by Gasteiger charge is -2.22. The van der Waals surface area contributed by atoms with Gasteiger partial charge >= 0.3 is 0 Å². The number of aliphatic imine (C=N–C) groups is 1. The summed E-state index contributed by atoms with van der Waals surface area (Å²) in [5.41, 5.74) is 2.57. The molecule has 0 amide bonds. The van der Waals surface area contributed by atoms with Crippen LogP contribution in [-0.2, 0) is 23.1 Å². The number of nitrogens with zero attached hydrogens (tertiary/aromatic N) is 2. The quantitative estimate of drug-likeness (QED) is 0.346. The van der Waals surface area contributed by atoms with E-state index in [1.165, 1.54) is 0 Å². The number of anilines is 1. The molecule has 0 saturated carbocycles.